The summed E-state index contributed by atoms with van der Waals surface area (Å²) in [5.74, 6) is 2.65. The van der Waals surface area contributed by atoms with Gasteiger partial charge in [-0.2, -0.15) is 0 Å². The highest BCUT2D eigenvalue weighted by atomic mass is 15.1. The summed E-state index contributed by atoms with van der Waals surface area (Å²) in [6.45, 7) is 0. The molecule has 6 heteroatoms. The average Bonchev–Trinajstić information content (AvgIpc) is 3.72. The minimum Gasteiger partial charge on any atom is -0.309 e. The third-order valence-corrected chi connectivity index (χ3v) is 9.42. The summed E-state index contributed by atoms with van der Waals surface area (Å²) in [5, 5.41) is 4.83. The van der Waals surface area contributed by atoms with Gasteiger partial charge in [0.15, 0.2) is 17.5 Å². The third-order valence-electron chi connectivity index (χ3n) is 9.42. The van der Waals surface area contributed by atoms with Gasteiger partial charge in [-0.05, 0) is 42.5 Å². The molecule has 234 valence electrons. The number of benzene rings is 6. The fourth-order valence-corrected chi connectivity index (χ4v) is 7.19. The number of nitrogens with zero attached hydrogens (tertiary/aromatic N) is 6. The van der Waals surface area contributed by atoms with Crippen molar-refractivity contribution in [1.82, 2.24) is 29.1 Å². The lowest BCUT2D eigenvalue weighted by Gasteiger charge is -2.10. The van der Waals surface area contributed by atoms with Crippen LogP contribution in [-0.2, 0) is 0 Å². The van der Waals surface area contributed by atoms with Gasteiger partial charge in [-0.3, -0.25) is 4.57 Å². The quantitative estimate of drug-likeness (QED) is 0.188. The summed E-state index contributed by atoms with van der Waals surface area (Å²) in [6.07, 6.45) is 1.87. The summed E-state index contributed by atoms with van der Waals surface area (Å²) >= 11 is 0. The van der Waals surface area contributed by atoms with E-state index >= 15 is 0 Å². The van der Waals surface area contributed by atoms with Gasteiger partial charge in [-0.25, -0.2) is 19.9 Å². The molecule has 4 heterocycles. The van der Waals surface area contributed by atoms with Crippen molar-refractivity contribution < 1.29 is 0 Å². The second-order valence-electron chi connectivity index (χ2n) is 12.3. The summed E-state index contributed by atoms with van der Waals surface area (Å²) in [7, 11) is 0. The van der Waals surface area contributed by atoms with Gasteiger partial charge in [0, 0.05) is 50.1 Å². The highest BCUT2D eigenvalue weighted by Crippen LogP contribution is 2.41. The molecule has 0 spiro atoms. The van der Waals surface area contributed by atoms with E-state index in [0.717, 1.165) is 39.2 Å². The summed E-state index contributed by atoms with van der Waals surface area (Å²) in [6, 6.07) is 56.6. The van der Waals surface area contributed by atoms with Crippen molar-refractivity contribution in [3.63, 3.8) is 0 Å². The van der Waals surface area contributed by atoms with Crippen LogP contribution in [0.4, 0.5) is 0 Å². The lowest BCUT2D eigenvalue weighted by atomic mass is 10.1. The predicted octanol–water partition coefficient (Wildman–Crippen LogP) is 10.5. The molecule has 50 heavy (non-hydrogen) atoms. The fraction of sp³-hybridized carbons (Fsp3) is 0. The second-order valence-corrected chi connectivity index (χ2v) is 12.3. The maximum atomic E-state index is 5.06. The number of para-hydroxylation sites is 3. The summed E-state index contributed by atoms with van der Waals surface area (Å²) in [5.41, 5.74) is 8.38. The largest absolute Gasteiger partial charge is 0.309 e. The molecule has 6 aromatic carbocycles. The Balaban J connectivity index is 1.18. The first-order chi connectivity index (χ1) is 24.8. The van der Waals surface area contributed by atoms with Crippen LogP contribution in [0.25, 0.3) is 89.3 Å². The number of hydrogen-bond donors (Lipinski definition) is 0. The van der Waals surface area contributed by atoms with Crippen LogP contribution < -0.4 is 0 Å². The molecule has 10 rings (SSSR count). The van der Waals surface area contributed by atoms with E-state index in [9.17, 15) is 0 Å². The zero-order chi connectivity index (χ0) is 33.0. The minimum atomic E-state index is 0.577. The lowest BCUT2D eigenvalue weighted by molar-refractivity contribution is 1.05. The molecule has 0 aliphatic rings. The van der Waals surface area contributed by atoms with Gasteiger partial charge in [-0.15, -0.1) is 0 Å². The Morgan fingerprint density at radius 2 is 0.900 bits per heavy atom. The van der Waals surface area contributed by atoms with Crippen molar-refractivity contribution in [2.75, 3.05) is 0 Å². The van der Waals surface area contributed by atoms with Crippen LogP contribution in [-0.4, -0.2) is 29.1 Å². The van der Waals surface area contributed by atoms with Gasteiger partial charge in [0.05, 0.1) is 22.1 Å². The van der Waals surface area contributed by atoms with E-state index in [4.69, 9.17) is 19.9 Å². The van der Waals surface area contributed by atoms with Crippen molar-refractivity contribution in [2.24, 2.45) is 0 Å². The molecule has 4 aromatic heterocycles. The Labute approximate surface area is 287 Å². The molecule has 0 aliphatic carbocycles. The molecule has 6 nitrogen and oxygen atoms in total. The molecule has 0 saturated carbocycles. The van der Waals surface area contributed by atoms with Gasteiger partial charge in [0.25, 0.3) is 0 Å². The Bertz CT molecular complexity index is 2780. The van der Waals surface area contributed by atoms with Crippen molar-refractivity contribution in [3.05, 3.63) is 170 Å². The summed E-state index contributed by atoms with van der Waals surface area (Å²) in [4.78, 5) is 19.7. The molecule has 10 aromatic rings. The standard InChI is InChI=1S/C44H28N6/c1-4-14-29(15-5-1)42-46-43(30-16-6-2-7-17-30)48-44(47-42)31-24-27-39(45-28-31)50-37-23-13-11-21-35(37)40-38(50)26-25-34-33-20-10-12-22-36(33)49(41(34)40)32-18-8-3-9-19-32/h1-28H. The fourth-order valence-electron chi connectivity index (χ4n) is 7.19. The number of pyridine rings is 1. The maximum Gasteiger partial charge on any atom is 0.165 e. The first kappa shape index (κ1) is 28.1. The van der Waals surface area contributed by atoms with E-state index in [1.165, 1.54) is 32.6 Å². The van der Waals surface area contributed by atoms with Crippen molar-refractivity contribution in [2.45, 2.75) is 0 Å². The topological polar surface area (TPSA) is 61.4 Å². The first-order valence-electron chi connectivity index (χ1n) is 16.7. The highest BCUT2D eigenvalue weighted by molar-refractivity contribution is 6.26. The smallest absolute Gasteiger partial charge is 0.165 e. The molecule has 0 fully saturated rings. The van der Waals surface area contributed by atoms with E-state index in [0.29, 0.717) is 17.5 Å². The number of hydrogen-bond acceptors (Lipinski definition) is 4. The van der Waals surface area contributed by atoms with Crippen LogP contribution in [0.5, 0.6) is 0 Å². The second kappa shape index (κ2) is 11.4. The number of rotatable bonds is 5. The van der Waals surface area contributed by atoms with Crippen LogP contribution in [0.2, 0.25) is 0 Å². The molecular weight excluding hydrogens is 613 g/mol. The minimum absolute atomic E-state index is 0.577. The van der Waals surface area contributed by atoms with Gasteiger partial charge in [0.2, 0.25) is 0 Å². The number of fused-ring (bicyclic) bond motifs is 7. The zero-order valence-corrected chi connectivity index (χ0v) is 26.8. The molecule has 0 saturated heterocycles. The molecule has 0 aliphatic heterocycles. The third kappa shape index (κ3) is 4.43. The molecule has 0 N–H and O–H groups in total. The first-order valence-corrected chi connectivity index (χ1v) is 16.7. The molecule has 0 amide bonds. The molecular formula is C44H28N6. The van der Waals surface area contributed by atoms with E-state index < -0.39 is 0 Å². The highest BCUT2D eigenvalue weighted by Gasteiger charge is 2.21. The van der Waals surface area contributed by atoms with E-state index in [1.54, 1.807) is 0 Å². The molecule has 0 atom stereocenters. The molecule has 0 bridgehead atoms. The number of aromatic nitrogens is 6. The Morgan fingerprint density at radius 3 is 1.52 bits per heavy atom. The van der Waals surface area contributed by atoms with Crippen molar-refractivity contribution in [3.8, 4) is 45.7 Å². The van der Waals surface area contributed by atoms with Gasteiger partial charge < -0.3 is 4.57 Å². The van der Waals surface area contributed by atoms with Crippen LogP contribution in [0.3, 0.4) is 0 Å². The van der Waals surface area contributed by atoms with E-state index in [2.05, 4.69) is 112 Å². The summed E-state index contributed by atoms with van der Waals surface area (Å²) < 4.78 is 4.66. The van der Waals surface area contributed by atoms with E-state index in [1.807, 2.05) is 66.9 Å². The van der Waals surface area contributed by atoms with Gasteiger partial charge in [0.1, 0.15) is 5.82 Å². The molecule has 0 radical (unpaired) electrons. The predicted molar refractivity (Wildman–Crippen MR) is 203 cm³/mol. The monoisotopic (exact) mass is 640 g/mol. The Kier molecular flexibility index (Phi) is 6.39. The van der Waals surface area contributed by atoms with Gasteiger partial charge in [-0.1, -0.05) is 121 Å². The normalized spacial score (nSPS) is 11.6. The van der Waals surface area contributed by atoms with Crippen LogP contribution in [0.15, 0.2) is 170 Å². The van der Waals surface area contributed by atoms with Crippen LogP contribution >= 0.6 is 0 Å². The van der Waals surface area contributed by atoms with Crippen LogP contribution in [0, 0.1) is 0 Å². The maximum absolute atomic E-state index is 5.06. The lowest BCUT2D eigenvalue weighted by Crippen LogP contribution is -2.01. The van der Waals surface area contributed by atoms with Crippen molar-refractivity contribution >= 4 is 43.6 Å². The molecule has 0 unspecified atom stereocenters. The zero-order valence-electron chi connectivity index (χ0n) is 26.8. The SMILES string of the molecule is c1ccc(-c2nc(-c3ccccc3)nc(-c3ccc(-n4c5ccccc5c5c4ccc4c6ccccc6n(-c6ccccc6)c45)nc3)n2)cc1. The van der Waals surface area contributed by atoms with Crippen LogP contribution in [0.1, 0.15) is 0 Å². The Morgan fingerprint density at radius 1 is 0.360 bits per heavy atom. The average molecular weight is 641 g/mol. The van der Waals surface area contributed by atoms with E-state index in [-0.39, 0.29) is 0 Å². The Hall–Kier alpha value is -6.92. The van der Waals surface area contributed by atoms with Crippen molar-refractivity contribution in [1.29, 1.82) is 0 Å². The van der Waals surface area contributed by atoms with Gasteiger partial charge >= 0.3 is 0 Å².